The molecule has 76 heavy (non-hydrogen) atoms. The van der Waals surface area contributed by atoms with Gasteiger partial charge >= 0.3 is 0 Å². The predicted molar refractivity (Wildman–Crippen MR) is 306 cm³/mol. The number of rotatable bonds is 0. The first kappa shape index (κ1) is 50.7. The lowest BCUT2D eigenvalue weighted by Crippen LogP contribution is -1.84. The third-order valence-electron chi connectivity index (χ3n) is 10.7. The average Bonchev–Trinajstić information content (AvgIpc) is 4.37. The number of fused-ring (bicyclic) bond motifs is 8. The molecule has 0 saturated heterocycles. The molecule has 16 rings (SSSR count). The number of imidazole rings is 1. The summed E-state index contributed by atoms with van der Waals surface area (Å²) in [6.07, 6.45) is 28.1. The number of hydrogen-bond acceptors (Lipinski definition) is 15. The quantitative estimate of drug-likeness (QED) is 0.140. The van der Waals surface area contributed by atoms with Crippen molar-refractivity contribution < 1.29 is 0 Å². The number of thiophene rings is 2. The molecule has 0 bridgehead atoms. The summed E-state index contributed by atoms with van der Waals surface area (Å²) in [6, 6.07) is 53.9. The normalized spacial score (nSPS) is 10.1. The first-order valence-corrected chi connectivity index (χ1v) is 25.3. The van der Waals surface area contributed by atoms with E-state index in [2.05, 4.69) is 89.4 Å². The molecule has 0 aliphatic heterocycles. The van der Waals surface area contributed by atoms with Crippen LogP contribution in [0.3, 0.4) is 0 Å². The van der Waals surface area contributed by atoms with Gasteiger partial charge in [0.25, 0.3) is 0 Å². The van der Waals surface area contributed by atoms with Gasteiger partial charge in [-0.15, -0.1) is 22.7 Å². The minimum absolute atomic E-state index is 0.935. The van der Waals surface area contributed by atoms with Crippen LogP contribution >= 0.6 is 22.7 Å². The molecule has 0 saturated carbocycles. The van der Waals surface area contributed by atoms with Crippen molar-refractivity contribution in [2.45, 2.75) is 0 Å². The molecule has 0 aliphatic carbocycles. The number of benzene rings is 4. The van der Waals surface area contributed by atoms with Crippen LogP contribution in [-0.2, 0) is 0 Å². The molecule has 17 heteroatoms. The molecule has 12 aromatic heterocycles. The van der Waals surface area contributed by atoms with Crippen molar-refractivity contribution in [3.8, 4) is 0 Å². The molecule has 15 nitrogen and oxygen atoms in total. The van der Waals surface area contributed by atoms with Crippen molar-refractivity contribution in [1.29, 1.82) is 0 Å². The van der Waals surface area contributed by atoms with Crippen LogP contribution in [0.15, 0.2) is 274 Å². The van der Waals surface area contributed by atoms with Crippen LogP contribution < -0.4 is 0 Å². The Labute approximate surface area is 443 Å². The first-order valence-electron chi connectivity index (χ1n) is 23.5. The van der Waals surface area contributed by atoms with Crippen molar-refractivity contribution in [1.82, 2.24) is 74.1 Å². The maximum absolute atomic E-state index is 4.18. The van der Waals surface area contributed by atoms with Crippen LogP contribution in [0.1, 0.15) is 0 Å². The molecule has 0 spiro atoms. The molecular formula is C59H45N15S2. The highest BCUT2D eigenvalue weighted by molar-refractivity contribution is 7.17. The summed E-state index contributed by atoms with van der Waals surface area (Å²) in [5.41, 5.74) is 6.12. The summed E-state index contributed by atoms with van der Waals surface area (Å²) in [7, 11) is 0. The fourth-order valence-corrected chi connectivity index (χ4v) is 8.38. The fraction of sp³-hybridized carbons (Fsp3) is 0. The molecule has 0 fully saturated rings. The van der Waals surface area contributed by atoms with Crippen molar-refractivity contribution in [3.05, 3.63) is 274 Å². The Bertz CT molecular complexity index is 3340. The molecule has 368 valence electrons. The molecule has 16 aromatic rings. The summed E-state index contributed by atoms with van der Waals surface area (Å²) in [5, 5.41) is 22.8. The molecule has 0 radical (unpaired) electrons. The van der Waals surface area contributed by atoms with Gasteiger partial charge in [-0.25, -0.2) is 44.4 Å². The van der Waals surface area contributed by atoms with Gasteiger partial charge in [-0.3, -0.25) is 14.4 Å². The van der Waals surface area contributed by atoms with E-state index in [0.29, 0.717) is 0 Å². The summed E-state index contributed by atoms with van der Waals surface area (Å²) in [5.74, 6) is 0. The Kier molecular flexibility index (Phi) is 18.4. The number of hydrogen-bond donors (Lipinski definition) is 0. The van der Waals surface area contributed by atoms with Crippen LogP contribution in [0.5, 0.6) is 0 Å². The standard InChI is InChI=1S/2C9H7N.2C8H6N2.C7H6N2.C6H5N3.2C6H4N2S/c1-2-6-9-8(4-1)5-3-7-10-9;1-2-4-9-7-10-6-5-8(9)3-1;1-2-4-8-7(3-1)5-9-6-10-8;1-2-4-8-7(3-1)5-6-9-10-8;1-3-7-4-2-6-9(7)8-5-1;1-2-7-5-9-4-3-8-6(1)9;1-2-9-6-3-7-4-8-5(1)6;1-2-9-6-5(1)3-7-4-8-6/h2*1-7H;2*1-6H;1-6H;1-5H;2*1-4H. The highest BCUT2D eigenvalue weighted by Crippen LogP contribution is 2.16. The SMILES string of the molecule is c1cc2nccn2cn1.c1ccc2cnccc2c1.c1ccc2ncccc2c1.c1ccc2ncncc2c1.c1ccc2nnccc2c1.c1cnn2cccc2c1.c1ncc2ccsc2n1.c1ncc2sccc2n1. The van der Waals surface area contributed by atoms with Crippen molar-refractivity contribution in [2.24, 2.45) is 0 Å². The summed E-state index contributed by atoms with van der Waals surface area (Å²) in [4.78, 5) is 41.0. The molecular weight excluding hydrogens is 983 g/mol. The molecule has 0 atom stereocenters. The van der Waals surface area contributed by atoms with Crippen LogP contribution in [0, 0.1) is 0 Å². The number of aromatic nitrogens is 15. The highest BCUT2D eigenvalue weighted by Gasteiger charge is 1.94. The van der Waals surface area contributed by atoms with Gasteiger partial charge < -0.3 is 0 Å². The van der Waals surface area contributed by atoms with E-state index in [4.69, 9.17) is 0 Å². The molecule has 12 heterocycles. The smallest absolute Gasteiger partial charge is 0.139 e. The second-order valence-electron chi connectivity index (χ2n) is 15.7. The molecule has 0 N–H and O–H groups in total. The third-order valence-corrected chi connectivity index (χ3v) is 12.3. The lowest BCUT2D eigenvalue weighted by Gasteiger charge is -1.91. The van der Waals surface area contributed by atoms with Crippen LogP contribution in [0.4, 0.5) is 0 Å². The van der Waals surface area contributed by atoms with Crippen LogP contribution in [0.25, 0.3) is 75.1 Å². The maximum atomic E-state index is 4.18. The van der Waals surface area contributed by atoms with E-state index in [-0.39, 0.29) is 0 Å². The zero-order valence-corrected chi connectivity index (χ0v) is 42.1. The topological polar surface area (TPSA) is 176 Å². The van der Waals surface area contributed by atoms with Crippen molar-refractivity contribution >= 4 is 97.8 Å². The number of para-hydroxylation sites is 2. The van der Waals surface area contributed by atoms with E-state index in [1.54, 1.807) is 72.8 Å². The lowest BCUT2D eigenvalue weighted by atomic mass is 10.2. The fourth-order valence-electron chi connectivity index (χ4n) is 6.97. The van der Waals surface area contributed by atoms with Gasteiger partial charge in [0.15, 0.2) is 0 Å². The van der Waals surface area contributed by atoms with Gasteiger partial charge in [-0.2, -0.15) is 15.3 Å². The van der Waals surface area contributed by atoms with Gasteiger partial charge in [0.05, 0.1) is 38.5 Å². The Balaban J connectivity index is 0.000000106. The third kappa shape index (κ3) is 14.9. The minimum atomic E-state index is 0.935. The Morgan fingerprint density at radius 1 is 0.355 bits per heavy atom. The second kappa shape index (κ2) is 27.6. The van der Waals surface area contributed by atoms with Crippen LogP contribution in [0.2, 0.25) is 0 Å². The number of nitrogens with zero attached hydrogens (tertiary/aromatic N) is 15. The van der Waals surface area contributed by atoms with Crippen molar-refractivity contribution in [3.63, 3.8) is 0 Å². The molecule has 0 unspecified atom stereocenters. The second-order valence-corrected chi connectivity index (χ2v) is 17.5. The Morgan fingerprint density at radius 3 is 1.75 bits per heavy atom. The van der Waals surface area contributed by atoms with E-state index in [9.17, 15) is 0 Å². The molecule has 4 aromatic carbocycles. The average molecular weight is 1030 g/mol. The number of pyridine rings is 2. The van der Waals surface area contributed by atoms with E-state index >= 15 is 0 Å². The van der Waals surface area contributed by atoms with Gasteiger partial charge in [-0.1, -0.05) is 84.9 Å². The highest BCUT2D eigenvalue weighted by atomic mass is 32.1. The largest absolute Gasteiger partial charge is 0.290 e. The Morgan fingerprint density at radius 2 is 0.987 bits per heavy atom. The minimum Gasteiger partial charge on any atom is -0.290 e. The van der Waals surface area contributed by atoms with Crippen molar-refractivity contribution in [2.75, 3.05) is 0 Å². The molecule has 0 aliphatic rings. The van der Waals surface area contributed by atoms with E-state index < -0.39 is 0 Å². The Hall–Kier alpha value is -10.2. The summed E-state index contributed by atoms with van der Waals surface area (Å²) < 4.78 is 4.84. The van der Waals surface area contributed by atoms with Gasteiger partial charge in [0.1, 0.15) is 35.8 Å². The maximum Gasteiger partial charge on any atom is 0.139 e. The van der Waals surface area contributed by atoms with Crippen LogP contribution in [-0.4, -0.2) is 74.1 Å². The first-order chi connectivity index (χ1) is 37.7. The monoisotopic (exact) mass is 1030 g/mol. The zero-order chi connectivity index (χ0) is 51.7. The van der Waals surface area contributed by atoms with Gasteiger partial charge in [-0.05, 0) is 100 Å². The van der Waals surface area contributed by atoms with E-state index in [1.165, 1.54) is 16.2 Å². The van der Waals surface area contributed by atoms with E-state index in [0.717, 1.165) is 58.9 Å². The van der Waals surface area contributed by atoms with E-state index in [1.807, 2.05) is 209 Å². The van der Waals surface area contributed by atoms with Gasteiger partial charge in [0, 0.05) is 89.7 Å². The molecule has 0 amide bonds. The zero-order valence-electron chi connectivity index (χ0n) is 40.5. The lowest BCUT2D eigenvalue weighted by molar-refractivity contribution is 0.941. The summed E-state index contributed by atoms with van der Waals surface area (Å²) >= 11 is 3.30. The predicted octanol–water partition coefficient (Wildman–Crippen LogP) is 13.2. The summed E-state index contributed by atoms with van der Waals surface area (Å²) in [6.45, 7) is 0. The van der Waals surface area contributed by atoms with Gasteiger partial charge in [0.2, 0.25) is 0 Å².